The Morgan fingerprint density at radius 1 is 1.37 bits per heavy atom. The number of aryl methyl sites for hydroxylation is 1. The van der Waals surface area contributed by atoms with Gasteiger partial charge >= 0.3 is 0 Å². The van der Waals surface area contributed by atoms with E-state index in [0.717, 1.165) is 5.56 Å². The lowest BCUT2D eigenvalue weighted by atomic mass is 10.1. The molecule has 1 atom stereocenters. The molecule has 0 amide bonds. The van der Waals surface area contributed by atoms with E-state index in [1.807, 2.05) is 19.1 Å². The average molecular weight is 254 g/mol. The van der Waals surface area contributed by atoms with E-state index in [1.54, 1.807) is 31.6 Å². The lowest BCUT2D eigenvalue weighted by molar-refractivity contribution is 0.813. The largest absolute Gasteiger partial charge is 0.359 e. The van der Waals surface area contributed by atoms with Gasteiger partial charge in [-0.25, -0.2) is 4.98 Å². The second-order valence-electron chi connectivity index (χ2n) is 4.29. The molecule has 2 aromatic rings. The second-order valence-corrected chi connectivity index (χ2v) is 4.29. The monoisotopic (exact) mass is 254 g/mol. The Balaban J connectivity index is 2.21. The average Bonchev–Trinajstić information content (AvgIpc) is 2.44. The molecule has 0 spiro atoms. The van der Waals surface area contributed by atoms with Crippen LogP contribution in [0.1, 0.15) is 24.1 Å². The Labute approximate surface area is 111 Å². The van der Waals surface area contributed by atoms with Crippen molar-refractivity contribution in [2.24, 2.45) is 7.05 Å². The van der Waals surface area contributed by atoms with Crippen LogP contribution >= 0.6 is 0 Å². The zero-order valence-electron chi connectivity index (χ0n) is 10.8. The first-order valence-corrected chi connectivity index (χ1v) is 5.90. The normalized spacial score (nSPS) is 11.6. The molecule has 1 unspecified atom stereocenters. The van der Waals surface area contributed by atoms with Crippen LogP contribution in [-0.2, 0) is 7.05 Å². The topological polar surface area (TPSA) is 70.7 Å². The third-order valence-corrected chi connectivity index (χ3v) is 2.91. The molecule has 0 bridgehead atoms. The smallest absolute Gasteiger partial charge is 0.293 e. The van der Waals surface area contributed by atoms with Crippen LogP contribution in [0.15, 0.2) is 41.5 Å². The lowest BCUT2D eigenvalue weighted by Gasteiger charge is -2.14. The number of anilines is 1. The molecule has 5 nitrogen and oxygen atoms in total. The summed E-state index contributed by atoms with van der Waals surface area (Å²) in [6, 6.07) is 9.25. The van der Waals surface area contributed by atoms with Crippen molar-refractivity contribution < 1.29 is 0 Å². The standard InChI is InChI=1S/C14H14N4O/c1-10(12-5-3-11(9-15)4-6-12)17-13-14(19)18(2)8-7-16-13/h3-8,10H,1-2H3,(H,16,17). The van der Waals surface area contributed by atoms with Gasteiger partial charge in [0, 0.05) is 19.4 Å². The minimum absolute atomic E-state index is 0.0599. The summed E-state index contributed by atoms with van der Waals surface area (Å²) in [6.45, 7) is 1.94. The summed E-state index contributed by atoms with van der Waals surface area (Å²) in [6.07, 6.45) is 3.19. The molecule has 0 aliphatic rings. The molecule has 96 valence electrons. The van der Waals surface area contributed by atoms with Gasteiger partial charge in [-0.1, -0.05) is 12.1 Å². The molecule has 1 heterocycles. The molecule has 1 N–H and O–H groups in total. The van der Waals surface area contributed by atoms with E-state index in [4.69, 9.17) is 5.26 Å². The molecule has 2 rings (SSSR count). The number of rotatable bonds is 3. The van der Waals surface area contributed by atoms with Crippen LogP contribution in [0.2, 0.25) is 0 Å². The highest BCUT2D eigenvalue weighted by Gasteiger charge is 2.09. The Hall–Kier alpha value is -2.61. The van der Waals surface area contributed by atoms with Crippen molar-refractivity contribution in [3.63, 3.8) is 0 Å². The van der Waals surface area contributed by atoms with E-state index in [-0.39, 0.29) is 11.6 Å². The number of hydrogen-bond donors (Lipinski definition) is 1. The van der Waals surface area contributed by atoms with Crippen LogP contribution in [0.4, 0.5) is 5.82 Å². The summed E-state index contributed by atoms with van der Waals surface area (Å²) >= 11 is 0. The molecule has 1 aromatic carbocycles. The minimum Gasteiger partial charge on any atom is -0.359 e. The zero-order valence-corrected chi connectivity index (χ0v) is 10.8. The van der Waals surface area contributed by atoms with E-state index < -0.39 is 0 Å². The number of nitriles is 1. The summed E-state index contributed by atoms with van der Waals surface area (Å²) in [5.41, 5.74) is 1.44. The van der Waals surface area contributed by atoms with Gasteiger partial charge < -0.3 is 9.88 Å². The van der Waals surface area contributed by atoms with Gasteiger partial charge in [-0.3, -0.25) is 4.79 Å². The van der Waals surface area contributed by atoms with Crippen LogP contribution in [0.25, 0.3) is 0 Å². The maximum atomic E-state index is 11.8. The molecule has 0 radical (unpaired) electrons. The highest BCUT2D eigenvalue weighted by molar-refractivity contribution is 5.38. The maximum Gasteiger partial charge on any atom is 0.293 e. The van der Waals surface area contributed by atoms with Gasteiger partial charge in [-0.2, -0.15) is 5.26 Å². The molecule has 0 fully saturated rings. The molecule has 0 saturated carbocycles. The Morgan fingerprint density at radius 2 is 2.05 bits per heavy atom. The Kier molecular flexibility index (Phi) is 3.62. The maximum absolute atomic E-state index is 11.8. The summed E-state index contributed by atoms with van der Waals surface area (Å²) in [7, 11) is 1.68. The molecular weight excluding hydrogens is 240 g/mol. The predicted molar refractivity (Wildman–Crippen MR) is 72.7 cm³/mol. The third-order valence-electron chi connectivity index (χ3n) is 2.91. The van der Waals surface area contributed by atoms with E-state index >= 15 is 0 Å². The molecule has 0 aliphatic carbocycles. The molecule has 1 aromatic heterocycles. The highest BCUT2D eigenvalue weighted by Crippen LogP contribution is 2.16. The van der Waals surface area contributed by atoms with E-state index in [9.17, 15) is 4.79 Å². The first-order chi connectivity index (χ1) is 9.11. The van der Waals surface area contributed by atoms with Crippen molar-refractivity contribution >= 4 is 5.82 Å². The first kappa shape index (κ1) is 12.8. The summed E-state index contributed by atoms with van der Waals surface area (Å²) in [5, 5.41) is 11.8. The quantitative estimate of drug-likeness (QED) is 0.907. The SMILES string of the molecule is CC(Nc1nccn(C)c1=O)c1ccc(C#N)cc1. The molecule has 0 aliphatic heterocycles. The van der Waals surface area contributed by atoms with Gasteiger partial charge in [0.2, 0.25) is 0 Å². The van der Waals surface area contributed by atoms with Crippen molar-refractivity contribution in [3.8, 4) is 6.07 Å². The van der Waals surface area contributed by atoms with Gasteiger partial charge in [0.25, 0.3) is 5.56 Å². The van der Waals surface area contributed by atoms with Crippen molar-refractivity contribution in [1.82, 2.24) is 9.55 Å². The number of aromatic nitrogens is 2. The van der Waals surface area contributed by atoms with Crippen LogP contribution in [0.5, 0.6) is 0 Å². The van der Waals surface area contributed by atoms with Crippen LogP contribution in [0, 0.1) is 11.3 Å². The fourth-order valence-corrected chi connectivity index (χ4v) is 1.73. The molecular formula is C14H14N4O. The van der Waals surface area contributed by atoms with Gasteiger partial charge in [-0.05, 0) is 24.6 Å². The Bertz CT molecular complexity index is 667. The number of nitrogens with one attached hydrogen (secondary N) is 1. The highest BCUT2D eigenvalue weighted by atomic mass is 16.1. The van der Waals surface area contributed by atoms with Crippen molar-refractivity contribution in [2.75, 3.05) is 5.32 Å². The zero-order chi connectivity index (χ0) is 13.8. The Morgan fingerprint density at radius 3 is 2.68 bits per heavy atom. The summed E-state index contributed by atoms with van der Waals surface area (Å²) < 4.78 is 1.47. The van der Waals surface area contributed by atoms with Crippen LogP contribution < -0.4 is 10.9 Å². The third kappa shape index (κ3) is 2.80. The van der Waals surface area contributed by atoms with Gasteiger partial charge in [0.15, 0.2) is 5.82 Å². The molecule has 0 saturated heterocycles. The van der Waals surface area contributed by atoms with E-state index in [0.29, 0.717) is 11.4 Å². The summed E-state index contributed by atoms with van der Waals surface area (Å²) in [5.74, 6) is 0.321. The van der Waals surface area contributed by atoms with Crippen molar-refractivity contribution in [1.29, 1.82) is 5.26 Å². The van der Waals surface area contributed by atoms with E-state index in [1.165, 1.54) is 4.57 Å². The second kappa shape index (κ2) is 5.36. The number of nitrogens with zero attached hydrogens (tertiary/aromatic N) is 3. The van der Waals surface area contributed by atoms with Crippen LogP contribution in [-0.4, -0.2) is 9.55 Å². The van der Waals surface area contributed by atoms with Gasteiger partial charge in [0.05, 0.1) is 17.7 Å². The lowest BCUT2D eigenvalue weighted by Crippen LogP contribution is -2.23. The fraction of sp³-hybridized carbons (Fsp3) is 0.214. The predicted octanol–water partition coefficient (Wildman–Crippen LogP) is 1.83. The van der Waals surface area contributed by atoms with Crippen molar-refractivity contribution in [2.45, 2.75) is 13.0 Å². The molecule has 5 heteroatoms. The van der Waals surface area contributed by atoms with Gasteiger partial charge in [-0.15, -0.1) is 0 Å². The molecule has 19 heavy (non-hydrogen) atoms. The number of benzene rings is 1. The summed E-state index contributed by atoms with van der Waals surface area (Å²) in [4.78, 5) is 15.9. The van der Waals surface area contributed by atoms with Crippen molar-refractivity contribution in [3.05, 3.63) is 58.1 Å². The van der Waals surface area contributed by atoms with Crippen LogP contribution in [0.3, 0.4) is 0 Å². The first-order valence-electron chi connectivity index (χ1n) is 5.90. The number of hydrogen-bond acceptors (Lipinski definition) is 4. The fourth-order valence-electron chi connectivity index (χ4n) is 1.73. The van der Waals surface area contributed by atoms with Gasteiger partial charge in [0.1, 0.15) is 0 Å². The minimum atomic E-state index is -0.164. The van der Waals surface area contributed by atoms with E-state index in [2.05, 4.69) is 16.4 Å².